The van der Waals surface area contributed by atoms with E-state index in [0.717, 1.165) is 0 Å². The van der Waals surface area contributed by atoms with Crippen LogP contribution in [0.2, 0.25) is 5.02 Å². The molecule has 1 amide bonds. The van der Waals surface area contributed by atoms with Gasteiger partial charge in [0.2, 0.25) is 5.88 Å². The van der Waals surface area contributed by atoms with Crippen LogP contribution in [-0.2, 0) is 30.6 Å². The summed E-state index contributed by atoms with van der Waals surface area (Å²) in [5.41, 5.74) is -0.654. The number of alkyl halides is 3. The topological polar surface area (TPSA) is 134 Å². The van der Waals surface area contributed by atoms with E-state index >= 15 is 0 Å². The Morgan fingerprint density at radius 2 is 1.93 bits per heavy atom. The lowest BCUT2D eigenvalue weighted by atomic mass is 10.1. The van der Waals surface area contributed by atoms with Crippen LogP contribution in [0.4, 0.5) is 18.0 Å². The van der Waals surface area contributed by atoms with Crippen LogP contribution in [-0.4, -0.2) is 65.7 Å². The second kappa shape index (κ2) is 15.6. The average Bonchev–Trinajstić information content (AvgIpc) is 2.86. The second-order valence-electron chi connectivity index (χ2n) is 8.07. The summed E-state index contributed by atoms with van der Waals surface area (Å²) in [7, 11) is -2.65. The lowest BCUT2D eigenvalue weighted by molar-refractivity contribution is -0.137. The molecule has 0 aliphatic heterocycles. The Hall–Kier alpha value is -3.11. The van der Waals surface area contributed by atoms with Crippen LogP contribution in [0.25, 0.3) is 6.08 Å². The second-order valence-corrected chi connectivity index (χ2v) is 9.98. The van der Waals surface area contributed by atoms with Crippen molar-refractivity contribution in [3.63, 3.8) is 0 Å². The van der Waals surface area contributed by atoms with Gasteiger partial charge in [0.1, 0.15) is 29.7 Å². The third kappa shape index (κ3) is 12.0. The van der Waals surface area contributed by atoms with Crippen LogP contribution in [0.15, 0.2) is 36.5 Å². The number of benzene rings is 1. The van der Waals surface area contributed by atoms with Crippen molar-refractivity contribution in [3.05, 3.63) is 52.7 Å². The van der Waals surface area contributed by atoms with Crippen molar-refractivity contribution in [1.29, 1.82) is 0 Å². The maximum atomic E-state index is 13.0. The van der Waals surface area contributed by atoms with Crippen molar-refractivity contribution in [2.24, 2.45) is 0 Å². The van der Waals surface area contributed by atoms with Crippen LogP contribution in [0, 0.1) is 0 Å². The van der Waals surface area contributed by atoms with Crippen molar-refractivity contribution in [2.75, 3.05) is 40.1 Å². The minimum absolute atomic E-state index is 0.0491. The van der Waals surface area contributed by atoms with Gasteiger partial charge in [-0.15, -0.1) is 0 Å². The molecule has 40 heavy (non-hydrogen) atoms. The molecule has 1 aromatic heterocycles. The lowest BCUT2D eigenvalue weighted by Crippen LogP contribution is -2.41. The van der Waals surface area contributed by atoms with Crippen LogP contribution in [0.3, 0.4) is 0 Å². The van der Waals surface area contributed by atoms with E-state index in [4.69, 9.17) is 35.3 Å². The fourth-order valence-electron chi connectivity index (χ4n) is 2.78. The first kappa shape index (κ1) is 33.1. The molecule has 0 saturated carbocycles. The summed E-state index contributed by atoms with van der Waals surface area (Å²) in [6.45, 7) is 3.84. The standard InChI is InChI=1S/C24H29ClF3N3O8S/c1-16(2)36-10-8-30-40(33,34)31-23(32)38-9-4-5-17-6-7-19(37-12-11-35-3)14-21(17)39-22-20(25)13-18(15-29-22)24(26,27)28/h4-7,13-16,30H,8-12H2,1-3H3,(H,31,32). The Kier molecular flexibility index (Phi) is 12.9. The summed E-state index contributed by atoms with van der Waals surface area (Å²) in [4.78, 5) is 15.5. The van der Waals surface area contributed by atoms with Gasteiger partial charge in [0.15, 0.2) is 0 Å². The van der Waals surface area contributed by atoms with Gasteiger partial charge < -0.3 is 23.7 Å². The Labute approximate surface area is 234 Å². The van der Waals surface area contributed by atoms with Crippen molar-refractivity contribution < 1.29 is 50.1 Å². The molecule has 1 heterocycles. The van der Waals surface area contributed by atoms with E-state index in [1.165, 1.54) is 25.3 Å². The maximum absolute atomic E-state index is 13.0. The van der Waals surface area contributed by atoms with Crippen LogP contribution in [0.5, 0.6) is 17.4 Å². The predicted octanol–water partition coefficient (Wildman–Crippen LogP) is 4.57. The largest absolute Gasteiger partial charge is 0.491 e. The zero-order valence-electron chi connectivity index (χ0n) is 21.8. The molecule has 0 saturated heterocycles. The zero-order chi connectivity index (χ0) is 29.8. The highest BCUT2D eigenvalue weighted by molar-refractivity contribution is 7.88. The predicted molar refractivity (Wildman–Crippen MR) is 140 cm³/mol. The number of pyridine rings is 1. The van der Waals surface area contributed by atoms with E-state index < -0.39 is 28.0 Å². The van der Waals surface area contributed by atoms with Gasteiger partial charge >= 0.3 is 22.5 Å². The molecule has 0 atom stereocenters. The quantitative estimate of drug-likeness (QED) is 0.278. The minimum Gasteiger partial charge on any atom is -0.491 e. The molecule has 222 valence electrons. The number of hydrogen-bond donors (Lipinski definition) is 2. The van der Waals surface area contributed by atoms with E-state index in [1.54, 1.807) is 30.7 Å². The Morgan fingerprint density at radius 1 is 1.18 bits per heavy atom. The summed E-state index contributed by atoms with van der Waals surface area (Å²) in [5.74, 6) is 0.185. The fraction of sp³-hybridized carbons (Fsp3) is 0.417. The molecule has 0 spiro atoms. The number of methoxy groups -OCH3 is 1. The molecule has 0 fully saturated rings. The van der Waals surface area contributed by atoms with E-state index in [2.05, 4.69) is 9.71 Å². The van der Waals surface area contributed by atoms with Crippen molar-refractivity contribution in [2.45, 2.75) is 26.1 Å². The van der Waals surface area contributed by atoms with Crippen molar-refractivity contribution in [1.82, 2.24) is 14.4 Å². The summed E-state index contributed by atoms with van der Waals surface area (Å²) in [5, 5.41) is -0.374. The minimum atomic E-state index is -4.64. The molecular formula is C24H29ClF3N3O8S. The number of ether oxygens (including phenoxy) is 5. The van der Waals surface area contributed by atoms with Gasteiger partial charge in [0.25, 0.3) is 0 Å². The highest BCUT2D eigenvalue weighted by Crippen LogP contribution is 2.36. The molecule has 0 unspecified atom stereocenters. The van der Waals surface area contributed by atoms with E-state index in [1.807, 2.05) is 0 Å². The van der Waals surface area contributed by atoms with E-state index in [9.17, 15) is 26.4 Å². The number of amides is 1. The number of carbonyl (C=O) groups excluding carboxylic acids is 1. The highest BCUT2D eigenvalue weighted by atomic mass is 35.5. The first-order valence-electron chi connectivity index (χ1n) is 11.7. The molecular weight excluding hydrogens is 583 g/mol. The number of halogens is 4. The van der Waals surface area contributed by atoms with Crippen molar-refractivity contribution in [3.8, 4) is 17.4 Å². The number of nitrogens with zero attached hydrogens (tertiary/aromatic N) is 1. The third-order valence-corrected chi connectivity index (χ3v) is 5.84. The Balaban J connectivity index is 2.08. The van der Waals surface area contributed by atoms with Crippen LogP contribution < -0.4 is 18.9 Å². The SMILES string of the molecule is COCCOc1ccc(C=CCOC(=O)NS(=O)(=O)NCCOC(C)C)c(Oc2ncc(C(F)(F)F)cc2Cl)c1. The normalized spacial score (nSPS) is 12.1. The maximum Gasteiger partial charge on any atom is 0.422 e. The first-order chi connectivity index (χ1) is 18.8. The van der Waals surface area contributed by atoms with Gasteiger partial charge in [0.05, 0.1) is 24.9 Å². The molecule has 0 bridgehead atoms. The summed E-state index contributed by atoms with van der Waals surface area (Å²) >= 11 is 5.97. The molecule has 0 radical (unpaired) electrons. The monoisotopic (exact) mass is 611 g/mol. The Bertz CT molecular complexity index is 1260. The number of hydrogen-bond acceptors (Lipinski definition) is 9. The van der Waals surface area contributed by atoms with E-state index in [0.29, 0.717) is 30.2 Å². The van der Waals surface area contributed by atoms with Gasteiger partial charge in [-0.05, 0) is 38.1 Å². The first-order valence-corrected chi connectivity index (χ1v) is 13.6. The number of carbonyl (C=O) groups is 1. The summed E-state index contributed by atoms with van der Waals surface area (Å²) in [6.07, 6.45) is -2.50. The van der Waals surface area contributed by atoms with Crippen LogP contribution >= 0.6 is 11.6 Å². The molecule has 2 N–H and O–H groups in total. The summed E-state index contributed by atoms with van der Waals surface area (Å²) in [6, 6.07) is 5.31. The van der Waals surface area contributed by atoms with Crippen LogP contribution in [0.1, 0.15) is 25.0 Å². The fourth-order valence-corrected chi connectivity index (χ4v) is 3.69. The van der Waals surface area contributed by atoms with Gasteiger partial charge in [-0.25, -0.2) is 14.5 Å². The van der Waals surface area contributed by atoms with Crippen molar-refractivity contribution >= 4 is 34.0 Å². The zero-order valence-corrected chi connectivity index (χ0v) is 23.4. The number of aromatic nitrogens is 1. The molecule has 0 aliphatic rings. The number of nitrogens with one attached hydrogen (secondary N) is 2. The average molecular weight is 612 g/mol. The third-order valence-electron chi connectivity index (χ3n) is 4.55. The molecule has 2 rings (SSSR count). The smallest absolute Gasteiger partial charge is 0.422 e. The molecule has 0 aliphatic carbocycles. The van der Waals surface area contributed by atoms with E-state index in [-0.39, 0.29) is 49.1 Å². The number of rotatable bonds is 15. The molecule has 1 aromatic carbocycles. The molecule has 2 aromatic rings. The van der Waals surface area contributed by atoms with Gasteiger partial charge in [0, 0.05) is 31.5 Å². The highest BCUT2D eigenvalue weighted by Gasteiger charge is 2.32. The molecule has 11 nitrogen and oxygen atoms in total. The van der Waals surface area contributed by atoms with Gasteiger partial charge in [-0.3, -0.25) is 0 Å². The Morgan fingerprint density at radius 3 is 2.58 bits per heavy atom. The van der Waals surface area contributed by atoms with Gasteiger partial charge in [-0.2, -0.15) is 26.3 Å². The molecule has 16 heteroatoms. The van der Waals surface area contributed by atoms with Gasteiger partial charge in [-0.1, -0.05) is 17.7 Å². The summed E-state index contributed by atoms with van der Waals surface area (Å²) < 4.78 is 92.6. The lowest BCUT2D eigenvalue weighted by Gasteiger charge is -2.13.